The fourth-order valence-corrected chi connectivity index (χ4v) is 2.73. The van der Waals surface area contributed by atoms with E-state index in [0.717, 1.165) is 35.6 Å². The van der Waals surface area contributed by atoms with Crippen LogP contribution < -0.4 is 0 Å². The minimum atomic E-state index is -0.634. The molecule has 0 aliphatic carbocycles. The molecule has 2 aromatic rings. The Labute approximate surface area is 124 Å². The average molecular weight is 297 g/mol. The number of halogens is 1. The molecule has 1 atom stereocenters. The highest BCUT2D eigenvalue weighted by molar-refractivity contribution is 6.31. The molecule has 20 heavy (non-hydrogen) atoms. The van der Waals surface area contributed by atoms with Crippen LogP contribution in [0.1, 0.15) is 42.7 Å². The van der Waals surface area contributed by atoms with Gasteiger partial charge in [0.15, 0.2) is 0 Å². The second kappa shape index (κ2) is 5.97. The number of aromatic nitrogens is 4. The zero-order valence-corrected chi connectivity index (χ0v) is 13.1. The maximum Gasteiger partial charge on any atom is 0.101 e. The van der Waals surface area contributed by atoms with Gasteiger partial charge < -0.3 is 5.11 Å². The van der Waals surface area contributed by atoms with Crippen molar-refractivity contribution in [2.45, 2.75) is 39.2 Å². The van der Waals surface area contributed by atoms with Crippen LogP contribution in [-0.2, 0) is 33.4 Å². The lowest BCUT2D eigenvalue weighted by Gasteiger charge is -2.11. The van der Waals surface area contributed by atoms with E-state index in [0.29, 0.717) is 11.4 Å². The molecule has 0 fully saturated rings. The lowest BCUT2D eigenvalue weighted by molar-refractivity contribution is 0.166. The molecule has 2 heterocycles. The van der Waals surface area contributed by atoms with Crippen LogP contribution in [0.5, 0.6) is 0 Å². The van der Waals surface area contributed by atoms with Crippen molar-refractivity contribution in [3.8, 4) is 0 Å². The number of rotatable bonds is 5. The number of hydrogen-bond acceptors (Lipinski definition) is 3. The summed E-state index contributed by atoms with van der Waals surface area (Å²) in [5.41, 5.74) is 3.51. The summed E-state index contributed by atoms with van der Waals surface area (Å²) in [6.07, 6.45) is 1.44. The minimum absolute atomic E-state index is 0.436. The monoisotopic (exact) mass is 296 g/mol. The maximum atomic E-state index is 10.4. The van der Waals surface area contributed by atoms with Gasteiger partial charge in [-0.15, -0.1) is 0 Å². The second-order valence-corrected chi connectivity index (χ2v) is 5.32. The summed E-state index contributed by atoms with van der Waals surface area (Å²) in [5.74, 6) is 0. The summed E-state index contributed by atoms with van der Waals surface area (Å²) < 4.78 is 3.48. The normalized spacial score (nSPS) is 12.9. The van der Waals surface area contributed by atoms with Gasteiger partial charge in [-0.3, -0.25) is 9.36 Å². The first-order valence-corrected chi connectivity index (χ1v) is 7.26. The lowest BCUT2D eigenvalue weighted by Crippen LogP contribution is -2.10. The second-order valence-electron chi connectivity index (χ2n) is 4.94. The number of aliphatic hydroxyl groups is 1. The van der Waals surface area contributed by atoms with Crippen molar-refractivity contribution >= 4 is 11.6 Å². The van der Waals surface area contributed by atoms with Crippen molar-refractivity contribution in [3.05, 3.63) is 33.9 Å². The third-order valence-corrected chi connectivity index (χ3v) is 4.00. The van der Waals surface area contributed by atoms with Gasteiger partial charge in [-0.05, 0) is 18.9 Å². The van der Waals surface area contributed by atoms with E-state index in [2.05, 4.69) is 10.2 Å². The molecule has 0 aromatic carbocycles. The Balaban J connectivity index is 2.25. The highest BCUT2D eigenvalue weighted by atomic mass is 35.5. The summed E-state index contributed by atoms with van der Waals surface area (Å²) in [7, 11) is 3.70. The molecule has 110 valence electrons. The molecule has 0 saturated carbocycles. The van der Waals surface area contributed by atoms with Crippen LogP contribution >= 0.6 is 11.6 Å². The van der Waals surface area contributed by atoms with Gasteiger partial charge in [-0.25, -0.2) is 0 Å². The first kappa shape index (κ1) is 15.1. The van der Waals surface area contributed by atoms with Crippen LogP contribution in [0.15, 0.2) is 6.07 Å². The average Bonchev–Trinajstić information content (AvgIpc) is 2.93. The molecule has 6 heteroatoms. The maximum absolute atomic E-state index is 10.4. The molecular weight excluding hydrogens is 276 g/mol. The Bertz CT molecular complexity index is 603. The summed E-state index contributed by atoms with van der Waals surface area (Å²) >= 11 is 6.32. The van der Waals surface area contributed by atoms with Crippen molar-refractivity contribution in [1.82, 2.24) is 19.6 Å². The number of hydrogen-bond donors (Lipinski definition) is 1. The standard InChI is InChI=1S/C14H21ClN4O/c1-5-9-7-11(18(3)16-9)13(20)8-12-14(15)10(6-2)17-19(12)4/h7,13,20H,5-6,8H2,1-4H3. The topological polar surface area (TPSA) is 55.9 Å². The molecule has 5 nitrogen and oxygen atoms in total. The third-order valence-electron chi connectivity index (χ3n) is 3.56. The smallest absolute Gasteiger partial charge is 0.101 e. The highest BCUT2D eigenvalue weighted by Crippen LogP contribution is 2.26. The molecule has 0 bridgehead atoms. The van der Waals surface area contributed by atoms with Gasteiger partial charge in [0.05, 0.1) is 27.8 Å². The molecule has 0 aliphatic heterocycles. The zero-order valence-electron chi connectivity index (χ0n) is 12.4. The minimum Gasteiger partial charge on any atom is -0.386 e. The van der Waals surface area contributed by atoms with E-state index in [1.165, 1.54) is 0 Å². The first-order valence-electron chi connectivity index (χ1n) is 6.89. The summed E-state index contributed by atoms with van der Waals surface area (Å²) in [4.78, 5) is 0. The van der Waals surface area contributed by atoms with Crippen molar-refractivity contribution in [3.63, 3.8) is 0 Å². The Morgan fingerprint density at radius 3 is 2.40 bits per heavy atom. The molecule has 1 unspecified atom stereocenters. The lowest BCUT2D eigenvalue weighted by atomic mass is 10.1. The van der Waals surface area contributed by atoms with Gasteiger partial charge in [0, 0.05) is 20.5 Å². The Morgan fingerprint density at radius 2 is 1.90 bits per heavy atom. The SMILES string of the molecule is CCc1cc(C(O)Cc2c(Cl)c(CC)nn2C)n(C)n1. The van der Waals surface area contributed by atoms with Crippen molar-refractivity contribution < 1.29 is 5.11 Å². The molecule has 0 amide bonds. The van der Waals surface area contributed by atoms with Gasteiger partial charge in [0.2, 0.25) is 0 Å². The predicted octanol–water partition coefficient (Wildman–Crippen LogP) is 2.21. The molecule has 1 N–H and O–H groups in total. The molecule has 2 rings (SSSR count). The van der Waals surface area contributed by atoms with Crippen LogP contribution in [0.25, 0.3) is 0 Å². The molecule has 2 aromatic heterocycles. The van der Waals surface area contributed by atoms with Crippen LogP contribution in [0.2, 0.25) is 5.02 Å². The van der Waals surface area contributed by atoms with Crippen LogP contribution in [-0.4, -0.2) is 24.7 Å². The highest BCUT2D eigenvalue weighted by Gasteiger charge is 2.20. The van der Waals surface area contributed by atoms with Crippen molar-refractivity contribution in [1.29, 1.82) is 0 Å². The Kier molecular flexibility index (Phi) is 4.50. The van der Waals surface area contributed by atoms with Crippen LogP contribution in [0.4, 0.5) is 0 Å². The fourth-order valence-electron chi connectivity index (χ4n) is 2.36. The molecule has 0 radical (unpaired) electrons. The summed E-state index contributed by atoms with van der Waals surface area (Å²) in [6.45, 7) is 4.06. The van der Waals surface area contributed by atoms with Gasteiger partial charge >= 0.3 is 0 Å². The number of aryl methyl sites for hydroxylation is 4. The van der Waals surface area contributed by atoms with Gasteiger partial charge in [0.25, 0.3) is 0 Å². The molecule has 0 spiro atoms. The molecule has 0 aliphatic rings. The molecule has 0 saturated heterocycles. The van der Waals surface area contributed by atoms with E-state index in [9.17, 15) is 5.11 Å². The number of aliphatic hydroxyl groups excluding tert-OH is 1. The fraction of sp³-hybridized carbons (Fsp3) is 0.571. The largest absolute Gasteiger partial charge is 0.386 e. The van der Waals surface area contributed by atoms with E-state index >= 15 is 0 Å². The third kappa shape index (κ3) is 2.74. The summed E-state index contributed by atoms with van der Waals surface area (Å²) in [6, 6.07) is 1.94. The van der Waals surface area contributed by atoms with E-state index in [4.69, 9.17) is 11.6 Å². The quantitative estimate of drug-likeness (QED) is 0.920. The van der Waals surface area contributed by atoms with E-state index in [1.54, 1.807) is 9.36 Å². The van der Waals surface area contributed by atoms with Crippen molar-refractivity contribution in [2.24, 2.45) is 14.1 Å². The predicted molar refractivity (Wildman–Crippen MR) is 78.8 cm³/mol. The first-order chi connectivity index (χ1) is 9.47. The zero-order chi connectivity index (χ0) is 14.9. The van der Waals surface area contributed by atoms with Gasteiger partial charge in [-0.2, -0.15) is 10.2 Å². The summed E-state index contributed by atoms with van der Waals surface area (Å²) in [5, 5.41) is 19.8. The Morgan fingerprint density at radius 1 is 1.20 bits per heavy atom. The van der Waals surface area contributed by atoms with E-state index in [-0.39, 0.29) is 0 Å². The van der Waals surface area contributed by atoms with Gasteiger partial charge in [-0.1, -0.05) is 25.4 Å². The Hall–Kier alpha value is -1.33. The van der Waals surface area contributed by atoms with E-state index < -0.39 is 6.10 Å². The van der Waals surface area contributed by atoms with Crippen molar-refractivity contribution in [2.75, 3.05) is 0 Å². The van der Waals surface area contributed by atoms with Gasteiger partial charge in [0.1, 0.15) is 6.10 Å². The number of nitrogens with zero attached hydrogens (tertiary/aromatic N) is 4. The van der Waals surface area contributed by atoms with Crippen LogP contribution in [0, 0.1) is 0 Å². The van der Waals surface area contributed by atoms with E-state index in [1.807, 2.05) is 34.0 Å². The molecular formula is C14H21ClN4O. The van der Waals surface area contributed by atoms with Crippen LogP contribution in [0.3, 0.4) is 0 Å².